The smallest absolute Gasteiger partial charge is 0.246 e. The molecule has 4 aliphatic rings. The molecule has 302 valence electrons. The Morgan fingerprint density at radius 3 is 2.12 bits per heavy atom. The van der Waals surface area contributed by atoms with Gasteiger partial charge in [0.05, 0.1) is 52.5 Å². The zero-order valence-corrected chi connectivity index (χ0v) is 33.8. The number of hydrogen-bond acceptors (Lipinski definition) is 9. The first kappa shape index (κ1) is 39.1. The summed E-state index contributed by atoms with van der Waals surface area (Å²) in [6.07, 6.45) is 2.44. The van der Waals surface area contributed by atoms with Crippen molar-refractivity contribution < 1.29 is 29.0 Å². The summed E-state index contributed by atoms with van der Waals surface area (Å²) in [5.41, 5.74) is 3.70. The lowest BCUT2D eigenvalue weighted by Crippen LogP contribution is -2.53. The topological polar surface area (TPSA) is 132 Å². The number of rotatable bonds is 10. The molecule has 2 aliphatic heterocycles. The Kier molecular flexibility index (Phi) is 10.2. The highest BCUT2D eigenvalue weighted by Gasteiger charge is 2.70. The fourth-order valence-corrected chi connectivity index (χ4v) is 10.1. The highest BCUT2D eigenvalue weighted by molar-refractivity contribution is 6.32. The number of allylic oxidation sites excluding steroid dienone is 2. The maximum Gasteiger partial charge on any atom is 0.246 e. The van der Waals surface area contributed by atoms with Crippen LogP contribution in [0.5, 0.6) is 5.75 Å². The van der Waals surface area contributed by atoms with Crippen LogP contribution in [-0.2, 0) is 24.6 Å². The Bertz CT molecular complexity index is 2560. The van der Waals surface area contributed by atoms with Crippen LogP contribution in [0.25, 0.3) is 0 Å². The van der Waals surface area contributed by atoms with Gasteiger partial charge in [-0.2, -0.15) is 10.2 Å². The van der Waals surface area contributed by atoms with E-state index in [1.54, 1.807) is 54.6 Å². The molecule has 1 saturated carbocycles. The quantitative estimate of drug-likeness (QED) is 0.0849. The minimum atomic E-state index is -1.46. The second-order valence-electron chi connectivity index (χ2n) is 15.8. The van der Waals surface area contributed by atoms with Crippen molar-refractivity contribution in [2.45, 2.75) is 24.2 Å². The molecule has 0 unspecified atom stereocenters. The molecule has 0 radical (unpaired) electrons. The lowest BCUT2D eigenvalue weighted by Gasteiger charge is -2.51. The average molecular weight is 820 g/mol. The van der Waals surface area contributed by atoms with Crippen LogP contribution in [0.2, 0.25) is 5.02 Å². The molecule has 2 saturated heterocycles. The molecule has 0 aromatic heterocycles. The van der Waals surface area contributed by atoms with E-state index in [0.717, 1.165) is 11.3 Å². The van der Waals surface area contributed by atoms with E-state index >= 15 is 9.59 Å². The fourth-order valence-electron chi connectivity index (χ4n) is 9.95. The van der Waals surface area contributed by atoms with Crippen LogP contribution in [0.4, 0.5) is 28.4 Å². The zero-order valence-electron chi connectivity index (χ0n) is 33.0. The summed E-state index contributed by atoms with van der Waals surface area (Å²) in [6, 6.07) is 37.9. The lowest BCUT2D eigenvalue weighted by molar-refractivity contribution is -0.127. The van der Waals surface area contributed by atoms with Crippen molar-refractivity contribution in [3.63, 3.8) is 0 Å². The molecule has 2 aliphatic carbocycles. The van der Waals surface area contributed by atoms with Crippen molar-refractivity contribution in [2.75, 3.05) is 42.0 Å². The SMILES string of the molecule is CN(C)c1ccc(N=Nc2ccc(N3C(=O)[C@H]4[C@H](CC=C5[C@H]4C[C@H]4C(=O)N(c6cccc(Cl)c6)C(=O)[C@@]4(c4ccccc4)[C@H]5c4ccccc4OCCO)C3=O)cc2)cc1. The molecule has 1 N–H and O–H groups in total. The van der Waals surface area contributed by atoms with Gasteiger partial charge in [-0.3, -0.25) is 24.1 Å². The summed E-state index contributed by atoms with van der Waals surface area (Å²) in [5, 5.41) is 18.9. The number of para-hydroxylation sites is 1. The van der Waals surface area contributed by atoms with E-state index in [9.17, 15) is 14.7 Å². The maximum atomic E-state index is 15.6. The first-order valence-electron chi connectivity index (χ1n) is 20.0. The second-order valence-corrected chi connectivity index (χ2v) is 16.3. The Balaban J connectivity index is 1.12. The van der Waals surface area contributed by atoms with Crippen LogP contribution >= 0.6 is 11.6 Å². The van der Waals surface area contributed by atoms with Gasteiger partial charge in [-0.15, -0.1) is 0 Å². The molecule has 3 fully saturated rings. The molecule has 12 heteroatoms. The minimum Gasteiger partial charge on any atom is -0.491 e. The van der Waals surface area contributed by atoms with Crippen LogP contribution in [0.15, 0.2) is 149 Å². The molecule has 5 aromatic carbocycles. The number of aliphatic hydroxyl groups is 1. The van der Waals surface area contributed by atoms with Gasteiger partial charge in [0.25, 0.3) is 0 Å². The van der Waals surface area contributed by atoms with Crippen molar-refractivity contribution in [3.05, 3.63) is 155 Å². The summed E-state index contributed by atoms with van der Waals surface area (Å²) in [6.45, 7) is -0.228. The van der Waals surface area contributed by atoms with Gasteiger partial charge in [-0.25, -0.2) is 4.90 Å². The number of nitrogens with zero attached hydrogens (tertiary/aromatic N) is 5. The third-order valence-electron chi connectivity index (χ3n) is 12.5. The number of anilines is 3. The van der Waals surface area contributed by atoms with Crippen LogP contribution in [0.3, 0.4) is 0 Å². The number of aliphatic hydroxyl groups excluding tert-OH is 1. The molecule has 60 heavy (non-hydrogen) atoms. The molecule has 11 nitrogen and oxygen atoms in total. The highest BCUT2D eigenvalue weighted by atomic mass is 35.5. The zero-order chi connectivity index (χ0) is 41.7. The first-order chi connectivity index (χ1) is 29.1. The number of amides is 4. The van der Waals surface area contributed by atoms with E-state index in [4.69, 9.17) is 16.3 Å². The average Bonchev–Trinajstić information content (AvgIpc) is 3.66. The van der Waals surface area contributed by atoms with Gasteiger partial charge in [0, 0.05) is 36.3 Å². The van der Waals surface area contributed by atoms with Crippen LogP contribution in [0.1, 0.15) is 29.9 Å². The number of carbonyl (C=O) groups excluding carboxylic acids is 4. The van der Waals surface area contributed by atoms with Crippen LogP contribution in [0, 0.1) is 23.7 Å². The molecule has 0 bridgehead atoms. The van der Waals surface area contributed by atoms with E-state index in [0.29, 0.717) is 44.6 Å². The van der Waals surface area contributed by atoms with E-state index in [-0.39, 0.29) is 37.9 Å². The molecule has 2 heterocycles. The second kappa shape index (κ2) is 15.6. The third-order valence-corrected chi connectivity index (χ3v) is 12.7. The van der Waals surface area contributed by atoms with Crippen molar-refractivity contribution >= 4 is 63.7 Å². The Morgan fingerprint density at radius 2 is 1.43 bits per heavy atom. The normalized spacial score (nSPS) is 24.7. The summed E-state index contributed by atoms with van der Waals surface area (Å²) in [7, 11) is 3.93. The van der Waals surface area contributed by atoms with E-state index in [1.807, 2.05) is 97.9 Å². The molecular weight excluding hydrogens is 778 g/mol. The standard InChI is InChI=1S/C48H42ClN5O6/c1-52(2)33-19-15-31(16-20-33)50-51-32-17-21-34(22-18-32)53-44(56)38-24-23-36-39(42(38)46(53)58)28-40-45(57)54(35-12-8-11-30(49)27-35)47(59)48(40,29-9-4-3-5-10-29)43(36)37-13-6-7-14-41(37)60-26-25-55/h3-23,27,38-40,42-43,55H,24-26,28H2,1-2H3/t38-,39+,40-,42-,43+,48+/m0/s1. The highest BCUT2D eigenvalue weighted by Crippen LogP contribution is 2.65. The number of imide groups is 2. The number of fused-ring (bicyclic) bond motifs is 4. The van der Waals surface area contributed by atoms with Gasteiger partial charge >= 0.3 is 0 Å². The molecule has 5 aromatic rings. The first-order valence-corrected chi connectivity index (χ1v) is 20.4. The maximum absolute atomic E-state index is 15.6. The van der Waals surface area contributed by atoms with Crippen molar-refractivity contribution in [1.29, 1.82) is 0 Å². The van der Waals surface area contributed by atoms with Gasteiger partial charge in [-0.1, -0.05) is 77.8 Å². The number of hydrogen-bond donors (Lipinski definition) is 1. The monoisotopic (exact) mass is 819 g/mol. The largest absolute Gasteiger partial charge is 0.491 e. The predicted molar refractivity (Wildman–Crippen MR) is 229 cm³/mol. The summed E-state index contributed by atoms with van der Waals surface area (Å²) in [5.74, 6) is -4.75. The molecular formula is C48H42ClN5O6. The van der Waals surface area contributed by atoms with Crippen molar-refractivity contribution in [3.8, 4) is 5.75 Å². The Morgan fingerprint density at radius 1 is 0.750 bits per heavy atom. The minimum absolute atomic E-state index is 0.00612. The van der Waals surface area contributed by atoms with Crippen molar-refractivity contribution in [1.82, 2.24) is 0 Å². The molecule has 4 amide bonds. The van der Waals surface area contributed by atoms with E-state index in [1.165, 1.54) is 9.80 Å². The Labute approximate surface area is 352 Å². The Hall–Kier alpha value is -6.43. The van der Waals surface area contributed by atoms with Gasteiger partial charge in [0.2, 0.25) is 23.6 Å². The number of carbonyl (C=O) groups is 4. The van der Waals surface area contributed by atoms with Gasteiger partial charge in [-0.05, 0) is 97.1 Å². The van der Waals surface area contributed by atoms with E-state index < -0.39 is 46.8 Å². The summed E-state index contributed by atoms with van der Waals surface area (Å²) < 4.78 is 6.15. The number of halogens is 1. The lowest BCUT2D eigenvalue weighted by atomic mass is 9.49. The third kappa shape index (κ3) is 6.31. The fraction of sp³-hybridized carbons (Fsp3) is 0.250. The predicted octanol–water partition coefficient (Wildman–Crippen LogP) is 8.56. The van der Waals surface area contributed by atoms with E-state index in [2.05, 4.69) is 10.2 Å². The van der Waals surface area contributed by atoms with Gasteiger partial charge in [0.1, 0.15) is 12.4 Å². The molecule has 0 spiro atoms. The number of benzene rings is 5. The van der Waals surface area contributed by atoms with Crippen LogP contribution < -0.4 is 19.4 Å². The number of ether oxygens (including phenoxy) is 1. The number of azo groups is 1. The van der Waals surface area contributed by atoms with Crippen molar-refractivity contribution in [2.24, 2.45) is 33.9 Å². The molecule has 9 rings (SSSR count). The van der Waals surface area contributed by atoms with Crippen LogP contribution in [-0.4, -0.2) is 56.0 Å². The summed E-state index contributed by atoms with van der Waals surface area (Å²) in [4.78, 5) is 64.3. The summed E-state index contributed by atoms with van der Waals surface area (Å²) >= 11 is 6.45. The van der Waals surface area contributed by atoms with Gasteiger partial charge < -0.3 is 14.7 Å². The van der Waals surface area contributed by atoms with Gasteiger partial charge in [0.15, 0.2) is 0 Å². The molecule has 6 atom stereocenters.